The van der Waals surface area contributed by atoms with E-state index in [4.69, 9.17) is 4.42 Å². The number of H-pyrrole nitrogens is 1. The van der Waals surface area contributed by atoms with Gasteiger partial charge in [0.15, 0.2) is 11.5 Å². The van der Waals surface area contributed by atoms with Crippen molar-refractivity contribution in [2.24, 2.45) is 0 Å². The summed E-state index contributed by atoms with van der Waals surface area (Å²) >= 11 is 0. The molecule has 0 aliphatic heterocycles. The van der Waals surface area contributed by atoms with Gasteiger partial charge in [-0.15, -0.1) is 0 Å². The Balaban J connectivity index is 1.72. The number of anilines is 1. The van der Waals surface area contributed by atoms with Crippen molar-refractivity contribution in [1.82, 2.24) is 19.9 Å². The molecule has 30 heavy (non-hydrogen) atoms. The van der Waals surface area contributed by atoms with Crippen LogP contribution in [0.25, 0.3) is 33.1 Å². The fourth-order valence-electron chi connectivity index (χ4n) is 3.75. The predicted octanol–water partition coefficient (Wildman–Crippen LogP) is 4.69. The van der Waals surface area contributed by atoms with Gasteiger partial charge in [-0.3, -0.25) is 0 Å². The fraction of sp³-hybridized carbons (Fsp3) is 0.130. The van der Waals surface area contributed by atoms with Crippen molar-refractivity contribution in [1.29, 1.82) is 0 Å². The number of aromatic amines is 1. The molecule has 5 aromatic rings. The molecule has 3 aromatic heterocycles. The van der Waals surface area contributed by atoms with E-state index in [1.807, 2.05) is 55.5 Å². The topological polar surface area (TPSA) is 96.7 Å². The van der Waals surface area contributed by atoms with Crippen LogP contribution in [0.1, 0.15) is 25.1 Å². The van der Waals surface area contributed by atoms with Gasteiger partial charge in [0.05, 0.1) is 17.8 Å². The molecular weight excluding hydrogens is 378 g/mol. The number of benzene rings is 2. The highest BCUT2D eigenvalue weighted by molar-refractivity contribution is 5.97. The van der Waals surface area contributed by atoms with Crippen LogP contribution in [-0.4, -0.2) is 19.9 Å². The molecule has 0 aliphatic rings. The van der Waals surface area contributed by atoms with E-state index >= 15 is 0 Å². The summed E-state index contributed by atoms with van der Waals surface area (Å²) in [5.74, 6) is 1.16. The number of fused-ring (bicyclic) bond motifs is 2. The first kappa shape index (κ1) is 18.1. The molecule has 2 aromatic carbocycles. The number of nitrogens with one attached hydrogen (secondary N) is 2. The predicted molar refractivity (Wildman–Crippen MR) is 116 cm³/mol. The molecule has 0 bridgehead atoms. The largest absolute Gasteiger partial charge is 0.425 e. The van der Waals surface area contributed by atoms with Gasteiger partial charge >= 0.3 is 5.63 Å². The van der Waals surface area contributed by atoms with Crippen LogP contribution in [0, 0.1) is 0 Å². The Labute approximate surface area is 171 Å². The van der Waals surface area contributed by atoms with Crippen LogP contribution >= 0.6 is 0 Å². The standard InChI is InChI=1S/C23H19N5O2/c1-2-17(28-22-19-21(25-12-24-19)26-13-27-22)20-18(14-8-4-3-5-9-14)15-10-6-7-11-16(15)23(29)30-20/h3-13,17H,2H2,1H3,(H2,24,25,26,27,28). The molecule has 0 aliphatic carbocycles. The molecule has 7 heteroatoms. The Hall–Kier alpha value is -4.00. The van der Waals surface area contributed by atoms with Crippen molar-refractivity contribution in [2.75, 3.05) is 5.32 Å². The first-order valence-electron chi connectivity index (χ1n) is 9.78. The second-order valence-corrected chi connectivity index (χ2v) is 6.97. The summed E-state index contributed by atoms with van der Waals surface area (Å²) in [5.41, 5.74) is 2.82. The second kappa shape index (κ2) is 7.44. The third kappa shape index (κ3) is 3.00. The van der Waals surface area contributed by atoms with Crippen LogP contribution in [0.15, 0.2) is 76.5 Å². The van der Waals surface area contributed by atoms with Crippen LogP contribution in [0.5, 0.6) is 0 Å². The van der Waals surface area contributed by atoms with Crippen molar-refractivity contribution in [3.63, 3.8) is 0 Å². The van der Waals surface area contributed by atoms with Gasteiger partial charge in [0.1, 0.15) is 17.6 Å². The summed E-state index contributed by atoms with van der Waals surface area (Å²) in [6.07, 6.45) is 3.73. The van der Waals surface area contributed by atoms with Crippen LogP contribution in [-0.2, 0) is 0 Å². The number of nitrogens with zero attached hydrogens (tertiary/aromatic N) is 3. The van der Waals surface area contributed by atoms with E-state index in [1.54, 1.807) is 12.4 Å². The van der Waals surface area contributed by atoms with Gasteiger partial charge in [0.2, 0.25) is 0 Å². The van der Waals surface area contributed by atoms with Gasteiger partial charge in [-0.2, -0.15) is 0 Å². The average Bonchev–Trinajstić information content (AvgIpc) is 3.28. The normalized spacial score (nSPS) is 12.3. The van der Waals surface area contributed by atoms with Crippen molar-refractivity contribution in [2.45, 2.75) is 19.4 Å². The van der Waals surface area contributed by atoms with Gasteiger partial charge in [-0.25, -0.2) is 19.7 Å². The highest BCUT2D eigenvalue weighted by atomic mass is 16.4. The molecule has 1 atom stereocenters. The Morgan fingerprint density at radius 3 is 2.57 bits per heavy atom. The lowest BCUT2D eigenvalue weighted by Gasteiger charge is -2.21. The van der Waals surface area contributed by atoms with Gasteiger partial charge in [-0.1, -0.05) is 55.5 Å². The molecule has 0 saturated heterocycles. The lowest BCUT2D eigenvalue weighted by molar-refractivity contribution is 0.439. The zero-order chi connectivity index (χ0) is 20.5. The molecule has 0 fully saturated rings. The van der Waals surface area contributed by atoms with Gasteiger partial charge < -0.3 is 14.7 Å². The zero-order valence-corrected chi connectivity index (χ0v) is 16.3. The number of imidazole rings is 1. The molecule has 3 heterocycles. The van der Waals surface area contributed by atoms with E-state index in [-0.39, 0.29) is 11.7 Å². The molecule has 0 radical (unpaired) electrons. The maximum Gasteiger partial charge on any atom is 0.343 e. The van der Waals surface area contributed by atoms with Crippen LogP contribution in [0.4, 0.5) is 5.82 Å². The van der Waals surface area contributed by atoms with Crippen molar-refractivity contribution in [3.05, 3.63) is 83.4 Å². The maximum atomic E-state index is 12.8. The molecule has 5 rings (SSSR count). The molecular formula is C23H19N5O2. The monoisotopic (exact) mass is 397 g/mol. The van der Waals surface area contributed by atoms with Gasteiger partial charge in [0, 0.05) is 10.9 Å². The summed E-state index contributed by atoms with van der Waals surface area (Å²) < 4.78 is 5.91. The summed E-state index contributed by atoms with van der Waals surface area (Å²) in [5, 5.41) is 4.84. The Morgan fingerprint density at radius 1 is 1.00 bits per heavy atom. The molecule has 1 unspecified atom stereocenters. The summed E-state index contributed by atoms with van der Waals surface area (Å²) in [6.45, 7) is 2.03. The summed E-state index contributed by atoms with van der Waals surface area (Å²) in [6, 6.07) is 17.2. The van der Waals surface area contributed by atoms with E-state index in [2.05, 4.69) is 25.3 Å². The first-order chi connectivity index (χ1) is 14.8. The average molecular weight is 397 g/mol. The number of aromatic nitrogens is 4. The molecule has 0 spiro atoms. The quantitative estimate of drug-likeness (QED) is 0.447. The van der Waals surface area contributed by atoms with Crippen molar-refractivity contribution < 1.29 is 4.42 Å². The summed E-state index contributed by atoms with van der Waals surface area (Å²) in [7, 11) is 0. The number of hydrogen-bond acceptors (Lipinski definition) is 6. The van der Waals surface area contributed by atoms with Crippen LogP contribution in [0.2, 0.25) is 0 Å². The Morgan fingerprint density at radius 2 is 1.77 bits per heavy atom. The molecule has 148 valence electrons. The third-order valence-electron chi connectivity index (χ3n) is 5.18. The minimum atomic E-state index is -0.354. The molecule has 7 nitrogen and oxygen atoms in total. The smallest absolute Gasteiger partial charge is 0.343 e. The highest BCUT2D eigenvalue weighted by Gasteiger charge is 2.23. The molecule has 2 N–H and O–H groups in total. The van der Waals surface area contributed by atoms with Gasteiger partial charge in [-0.05, 0) is 18.1 Å². The third-order valence-corrected chi connectivity index (χ3v) is 5.18. The number of rotatable bonds is 5. The SMILES string of the molecule is CCC(Nc1ncnc2[nH]cnc12)c1oc(=O)c2ccccc2c1-c1ccccc1. The Bertz CT molecular complexity index is 1390. The molecule has 0 saturated carbocycles. The zero-order valence-electron chi connectivity index (χ0n) is 16.3. The van der Waals surface area contributed by atoms with Crippen molar-refractivity contribution >= 4 is 27.8 Å². The Kier molecular flexibility index (Phi) is 4.48. The molecule has 0 amide bonds. The maximum absolute atomic E-state index is 12.8. The van der Waals surface area contributed by atoms with Crippen molar-refractivity contribution in [3.8, 4) is 11.1 Å². The van der Waals surface area contributed by atoms with E-state index in [1.165, 1.54) is 6.33 Å². The highest BCUT2D eigenvalue weighted by Crippen LogP contribution is 2.36. The number of hydrogen-bond donors (Lipinski definition) is 2. The fourth-order valence-corrected chi connectivity index (χ4v) is 3.75. The first-order valence-corrected chi connectivity index (χ1v) is 9.78. The van der Waals surface area contributed by atoms with E-state index in [0.717, 1.165) is 16.5 Å². The lowest BCUT2D eigenvalue weighted by Crippen LogP contribution is -2.16. The van der Waals surface area contributed by atoms with E-state index in [0.29, 0.717) is 34.5 Å². The van der Waals surface area contributed by atoms with Crippen LogP contribution in [0.3, 0.4) is 0 Å². The van der Waals surface area contributed by atoms with E-state index in [9.17, 15) is 4.79 Å². The summed E-state index contributed by atoms with van der Waals surface area (Å²) in [4.78, 5) is 28.6. The lowest BCUT2D eigenvalue weighted by atomic mass is 9.95. The minimum absolute atomic E-state index is 0.285. The van der Waals surface area contributed by atoms with E-state index < -0.39 is 0 Å². The minimum Gasteiger partial charge on any atom is -0.425 e. The second-order valence-electron chi connectivity index (χ2n) is 6.97. The van der Waals surface area contributed by atoms with Crippen LogP contribution < -0.4 is 10.9 Å². The van der Waals surface area contributed by atoms with Gasteiger partial charge in [0.25, 0.3) is 0 Å².